The maximum Gasteiger partial charge on any atom is 0.417 e. The monoisotopic (exact) mass is 1290 g/mol. The highest BCUT2D eigenvalue weighted by atomic mass is 79.9. The lowest BCUT2D eigenvalue weighted by Crippen LogP contribution is -2.11. The Hall–Kier alpha value is -11.1. The Morgan fingerprint density at radius 1 is 0.391 bits per heavy atom. The minimum atomic E-state index is -4.55. The highest BCUT2D eigenvalue weighted by Crippen LogP contribution is 2.32. The van der Waals surface area contributed by atoms with Crippen LogP contribution in [0.25, 0.3) is 0 Å². The molecular weight excluding hydrogens is 1240 g/mol. The summed E-state index contributed by atoms with van der Waals surface area (Å²) in [5.41, 5.74) is 4.02. The molecule has 7 aromatic carbocycles. The minimum Gasteiger partial charge on any atom is -0.496 e. The van der Waals surface area contributed by atoms with Gasteiger partial charge in [-0.3, -0.25) is 38.4 Å². The van der Waals surface area contributed by atoms with E-state index < -0.39 is 23.1 Å². The second-order valence-electron chi connectivity index (χ2n) is 16.8. The minimum absolute atomic E-state index is 0.00926. The fraction of sp³-hybridized carbons (Fsp3) is 0.0959. The Balaban J connectivity index is 0.000000977. The lowest BCUT2D eigenvalue weighted by atomic mass is 10.0. The topological polar surface area (TPSA) is 146 Å². The van der Waals surface area contributed by atoms with E-state index in [0.717, 1.165) is 32.2 Å². The molecule has 0 heterocycles. The number of ether oxygens (including phenoxy) is 1. The van der Waals surface area contributed by atoms with Crippen molar-refractivity contribution in [3.63, 3.8) is 0 Å². The van der Waals surface area contributed by atoms with Crippen molar-refractivity contribution in [2.24, 2.45) is 5.92 Å². The molecule has 7 aromatic rings. The number of rotatable bonds is 9. The number of Topliss-reactive ketones (excluding diaryl/α,β-unsaturated/α-hetero) is 8. The van der Waals surface area contributed by atoms with Gasteiger partial charge in [-0.05, 0) is 122 Å². The number of ketones is 8. The summed E-state index contributed by atoms with van der Waals surface area (Å²) in [5.74, 6) is 13.7. The van der Waals surface area contributed by atoms with Crippen LogP contribution < -0.4 is 4.74 Å². The molecule has 14 heteroatoms. The number of benzene rings is 7. The zero-order valence-electron chi connectivity index (χ0n) is 47.5. The molecule has 0 radical (unpaired) electrons. The molecule has 7 rings (SSSR count). The van der Waals surface area contributed by atoms with Gasteiger partial charge in [0, 0.05) is 48.2 Å². The van der Waals surface area contributed by atoms with E-state index >= 15 is 0 Å². The van der Waals surface area contributed by atoms with Gasteiger partial charge in [0.1, 0.15) is 5.75 Å². The van der Waals surface area contributed by atoms with Crippen LogP contribution in [0, 0.1) is 119 Å². The molecule has 0 bridgehead atoms. The number of hydrogen-bond donors (Lipinski definition) is 0. The summed E-state index contributed by atoms with van der Waals surface area (Å²) in [4.78, 5) is 86.7. The van der Waals surface area contributed by atoms with Gasteiger partial charge in [-0.15, -0.1) is 51.4 Å². The molecule has 0 spiro atoms. The first kappa shape index (κ1) is 75.9. The summed E-state index contributed by atoms with van der Waals surface area (Å²) in [6, 6.07) is 48.5. The van der Waals surface area contributed by atoms with E-state index in [0.29, 0.717) is 39.1 Å². The molecule has 0 N–H and O–H groups in total. The van der Waals surface area contributed by atoms with Gasteiger partial charge >= 0.3 is 6.18 Å². The van der Waals surface area contributed by atoms with Crippen LogP contribution in [0.15, 0.2) is 185 Å². The largest absolute Gasteiger partial charge is 0.496 e. The van der Waals surface area contributed by atoms with Crippen molar-refractivity contribution in [2.45, 2.75) is 33.9 Å². The molecule has 0 aliphatic rings. The molecule has 0 saturated carbocycles. The number of terminal acetylenes is 8. The third-order valence-corrected chi connectivity index (χ3v) is 11.5. The quantitative estimate of drug-likeness (QED) is 0.0783. The number of hydrogen-bond acceptors (Lipinski definition) is 9. The van der Waals surface area contributed by atoms with E-state index in [2.05, 4.69) is 49.6 Å². The van der Waals surface area contributed by atoms with Gasteiger partial charge in [-0.1, -0.05) is 172 Å². The van der Waals surface area contributed by atoms with E-state index in [4.69, 9.17) is 56.1 Å². The predicted octanol–water partition coefficient (Wildman–Crippen LogP) is 14.5. The molecule has 0 atom stereocenters. The fourth-order valence-corrected chi connectivity index (χ4v) is 6.47. The van der Waals surface area contributed by atoms with Crippen molar-refractivity contribution < 1.29 is 56.3 Å². The molecule has 0 aromatic heterocycles. The molecule has 0 saturated heterocycles. The Morgan fingerprint density at radius 3 is 1.05 bits per heavy atom. The van der Waals surface area contributed by atoms with Gasteiger partial charge in [0.05, 0.1) is 18.2 Å². The molecule has 9 nitrogen and oxygen atoms in total. The average molecular weight is 1290 g/mol. The Bertz CT molecular complexity index is 3700. The lowest BCUT2D eigenvalue weighted by molar-refractivity contribution is -0.137. The first-order valence-corrected chi connectivity index (χ1v) is 26.4. The van der Waals surface area contributed by atoms with E-state index in [1.54, 1.807) is 135 Å². The molecule has 0 unspecified atom stereocenters. The van der Waals surface area contributed by atoms with E-state index in [1.807, 2.05) is 73.9 Å². The van der Waals surface area contributed by atoms with Crippen molar-refractivity contribution in [2.75, 3.05) is 7.11 Å². The first-order chi connectivity index (χ1) is 41.2. The van der Waals surface area contributed by atoms with E-state index in [9.17, 15) is 51.5 Å². The summed E-state index contributed by atoms with van der Waals surface area (Å²) in [6.45, 7) is 7.48. The Morgan fingerprint density at radius 2 is 0.701 bits per heavy atom. The van der Waals surface area contributed by atoms with Gasteiger partial charge in [0.25, 0.3) is 0 Å². The highest BCUT2D eigenvalue weighted by molar-refractivity contribution is 9.10. The van der Waals surface area contributed by atoms with Crippen molar-refractivity contribution in [1.82, 2.24) is 0 Å². The van der Waals surface area contributed by atoms with Crippen molar-refractivity contribution in [1.29, 1.82) is 0 Å². The number of para-hydroxylation sites is 1. The van der Waals surface area contributed by atoms with Crippen LogP contribution in [0.1, 0.15) is 103 Å². The van der Waals surface area contributed by atoms with Crippen LogP contribution in [0.3, 0.4) is 0 Å². The summed E-state index contributed by atoms with van der Waals surface area (Å²) >= 11 is 6.47. The van der Waals surface area contributed by atoms with Gasteiger partial charge < -0.3 is 4.74 Å². The van der Waals surface area contributed by atoms with Crippen molar-refractivity contribution >= 4 is 78.1 Å². The smallest absolute Gasteiger partial charge is 0.417 e. The maximum atomic E-state index is 12.3. The summed E-state index contributed by atoms with van der Waals surface area (Å²) in [6.07, 6.45) is 34.6. The van der Waals surface area contributed by atoms with Crippen LogP contribution in [0.5, 0.6) is 5.75 Å². The summed E-state index contributed by atoms with van der Waals surface area (Å²) in [7, 11) is 1.50. The van der Waals surface area contributed by atoms with Gasteiger partial charge in [-0.2, -0.15) is 13.2 Å². The lowest BCUT2D eigenvalue weighted by Gasteiger charge is -2.09. The van der Waals surface area contributed by atoms with Gasteiger partial charge in [-0.25, -0.2) is 0 Å². The number of carbonyl (C=O) groups is 8. The second-order valence-corrected chi connectivity index (χ2v) is 18.6. The molecular formula is C73H53Br2F3O9. The number of alkyl halides is 3. The molecule has 0 fully saturated rings. The van der Waals surface area contributed by atoms with Crippen LogP contribution in [0.4, 0.5) is 13.2 Å². The van der Waals surface area contributed by atoms with Crippen LogP contribution in [-0.4, -0.2) is 53.4 Å². The zero-order chi connectivity index (χ0) is 66.1. The Kier molecular flexibility index (Phi) is 36.5. The number of carbonyl (C=O) groups excluding carboxylic acids is 8. The zero-order valence-corrected chi connectivity index (χ0v) is 50.7. The normalized spacial score (nSPS) is 8.95. The van der Waals surface area contributed by atoms with Crippen LogP contribution in [-0.2, 0) is 11.0 Å². The molecule has 0 aliphatic heterocycles. The first-order valence-electron chi connectivity index (χ1n) is 24.8. The number of methoxy groups -OCH3 is 1. The third-order valence-electron chi connectivity index (χ3n) is 10.3. The molecule has 0 aliphatic carbocycles. The fourth-order valence-electron chi connectivity index (χ4n) is 5.74. The number of halogens is 5. The molecule has 87 heavy (non-hydrogen) atoms. The SMILES string of the molecule is C#CC(=O)C(C)C.C#CC(=O)c1ccc(Br)cc1.C#CC(=O)c1ccc(C)cc1.C#CC(=O)c1ccc(C)cc1.C#CC(=O)c1ccccc1.C#CC(=O)c1ccccc1Br.C#CC(=O)c1ccccc1C(F)(F)F.C#CC(=O)c1ccccc1OC. The van der Waals surface area contributed by atoms with Crippen LogP contribution in [0.2, 0.25) is 0 Å². The third kappa shape index (κ3) is 29.7. The average Bonchev–Trinajstić information content (AvgIpc) is 3.10. The standard InChI is InChI=1S/C10H5F3O.C10H8O2.2C10H8O.2C9H5BrO.C9H6O.C6H8O/c1-2-9(14)7-5-3-4-6-8(7)10(11,12)13;1-3-9(11)8-6-4-5-7-10(8)12-2;2*1-3-10(11)9-6-4-8(2)5-7-9;1-2-9(11)7-3-5-8(10)6-4-7;1-2-9(11)7-5-3-4-6-8(7)10;1-2-9(10)8-6-4-3-5-7-8;1-4-6(7)5(2)3/h1,3-6H;1,4-7H,2H3;2*1,4-7H,2H3;2*1,3-6H;1,3-7H;1,5H,2-3H3. The highest BCUT2D eigenvalue weighted by Gasteiger charge is 2.34. The molecule has 0 amide bonds. The maximum absolute atomic E-state index is 12.3. The summed E-state index contributed by atoms with van der Waals surface area (Å²) < 4.78 is 43.6. The van der Waals surface area contributed by atoms with Gasteiger partial charge in [0.15, 0.2) is 0 Å². The van der Waals surface area contributed by atoms with Crippen molar-refractivity contribution in [3.05, 3.63) is 241 Å². The summed E-state index contributed by atoms with van der Waals surface area (Å²) in [5, 5.41) is 0. The van der Waals surface area contributed by atoms with Gasteiger partial charge in [0.2, 0.25) is 46.3 Å². The second kappa shape index (κ2) is 41.8. The van der Waals surface area contributed by atoms with E-state index in [-0.39, 0.29) is 46.4 Å². The van der Waals surface area contributed by atoms with E-state index in [1.165, 1.54) is 19.2 Å². The number of aryl methyl sites for hydroxylation is 2. The molecule has 434 valence electrons. The predicted molar refractivity (Wildman–Crippen MR) is 342 cm³/mol. The Labute approximate surface area is 523 Å². The van der Waals surface area contributed by atoms with Crippen molar-refractivity contribution in [3.8, 4) is 104 Å². The van der Waals surface area contributed by atoms with Crippen LogP contribution >= 0.6 is 31.9 Å².